The first-order valence-corrected chi connectivity index (χ1v) is 8.45. The maximum atomic E-state index is 4.32. The fourth-order valence-corrected chi connectivity index (χ4v) is 4.36. The third-order valence-corrected chi connectivity index (χ3v) is 5.33. The van der Waals surface area contributed by atoms with Crippen molar-refractivity contribution < 1.29 is 0 Å². The van der Waals surface area contributed by atoms with Crippen molar-refractivity contribution in [2.24, 2.45) is 5.92 Å². The molecule has 4 nitrogen and oxygen atoms in total. The summed E-state index contributed by atoms with van der Waals surface area (Å²) in [6.45, 7) is 5.30. The second-order valence-electron chi connectivity index (χ2n) is 5.80. The zero-order valence-electron chi connectivity index (χ0n) is 11.8. The Balaban J connectivity index is 1.65. The van der Waals surface area contributed by atoms with Crippen LogP contribution in [-0.2, 0) is 6.54 Å². The maximum absolute atomic E-state index is 4.32. The van der Waals surface area contributed by atoms with Gasteiger partial charge in [0.1, 0.15) is 10.7 Å². The Kier molecular flexibility index (Phi) is 4.33. The fraction of sp³-hybridized carbons (Fsp3) is 0.857. The van der Waals surface area contributed by atoms with Gasteiger partial charge in [-0.1, -0.05) is 17.3 Å². The zero-order chi connectivity index (χ0) is 13.1. The van der Waals surface area contributed by atoms with Gasteiger partial charge in [-0.3, -0.25) is 4.90 Å². The number of aromatic nitrogens is 2. The van der Waals surface area contributed by atoms with Crippen molar-refractivity contribution in [2.75, 3.05) is 18.4 Å². The van der Waals surface area contributed by atoms with Crippen LogP contribution >= 0.6 is 11.5 Å². The number of rotatable bonds is 5. The van der Waals surface area contributed by atoms with Gasteiger partial charge in [0.2, 0.25) is 0 Å². The van der Waals surface area contributed by atoms with Gasteiger partial charge in [0.15, 0.2) is 0 Å². The minimum Gasteiger partial charge on any atom is -0.374 e. The Hall–Kier alpha value is -0.680. The third kappa shape index (κ3) is 2.92. The van der Waals surface area contributed by atoms with Gasteiger partial charge >= 0.3 is 0 Å². The molecule has 106 valence electrons. The molecule has 0 aromatic carbocycles. The van der Waals surface area contributed by atoms with Crippen molar-refractivity contribution in [3.8, 4) is 0 Å². The van der Waals surface area contributed by atoms with Gasteiger partial charge in [-0.15, -0.1) is 5.10 Å². The van der Waals surface area contributed by atoms with Crippen LogP contribution < -0.4 is 5.32 Å². The molecule has 5 heteroatoms. The van der Waals surface area contributed by atoms with Crippen LogP contribution in [0.25, 0.3) is 0 Å². The van der Waals surface area contributed by atoms with Crippen molar-refractivity contribution in [1.29, 1.82) is 0 Å². The van der Waals surface area contributed by atoms with Crippen LogP contribution in [-0.4, -0.2) is 33.6 Å². The lowest BCUT2D eigenvalue weighted by Gasteiger charge is -2.28. The predicted octanol–water partition coefficient (Wildman–Crippen LogP) is 3.12. The molecule has 1 aromatic heterocycles. The van der Waals surface area contributed by atoms with Crippen LogP contribution in [0.15, 0.2) is 0 Å². The van der Waals surface area contributed by atoms with Gasteiger partial charge in [0, 0.05) is 30.7 Å². The molecule has 3 rings (SSSR count). The van der Waals surface area contributed by atoms with Gasteiger partial charge in [-0.2, -0.15) is 0 Å². The summed E-state index contributed by atoms with van der Waals surface area (Å²) < 4.78 is 4.11. The fourth-order valence-electron chi connectivity index (χ4n) is 3.72. The summed E-state index contributed by atoms with van der Waals surface area (Å²) in [6, 6.07) is 0.804. The highest BCUT2D eigenvalue weighted by molar-refractivity contribution is 7.10. The molecule has 0 spiro atoms. The van der Waals surface area contributed by atoms with E-state index in [1.807, 2.05) is 0 Å². The molecule has 1 atom stereocenters. The molecule has 0 radical (unpaired) electrons. The van der Waals surface area contributed by atoms with Crippen LogP contribution in [0.5, 0.6) is 0 Å². The van der Waals surface area contributed by atoms with E-state index >= 15 is 0 Å². The van der Waals surface area contributed by atoms with Crippen LogP contribution in [0.4, 0.5) is 5.00 Å². The Morgan fingerprint density at radius 1 is 1.26 bits per heavy atom. The van der Waals surface area contributed by atoms with E-state index in [1.165, 1.54) is 61.6 Å². The van der Waals surface area contributed by atoms with E-state index in [0.717, 1.165) is 30.7 Å². The highest BCUT2D eigenvalue weighted by Crippen LogP contribution is 2.36. The summed E-state index contributed by atoms with van der Waals surface area (Å²) in [4.78, 5) is 2.66. The Morgan fingerprint density at radius 2 is 2.11 bits per heavy atom. The van der Waals surface area contributed by atoms with Crippen LogP contribution in [0, 0.1) is 5.92 Å². The number of likely N-dealkylation sites (tertiary alicyclic amines) is 1. The van der Waals surface area contributed by atoms with E-state index in [-0.39, 0.29) is 0 Å². The van der Waals surface area contributed by atoms with E-state index < -0.39 is 0 Å². The summed E-state index contributed by atoms with van der Waals surface area (Å²) in [6.07, 6.45) is 8.51. The average Bonchev–Trinajstić information content (AvgIpc) is 3.12. The highest BCUT2D eigenvalue weighted by atomic mass is 32.1. The van der Waals surface area contributed by atoms with E-state index in [2.05, 4.69) is 26.7 Å². The van der Waals surface area contributed by atoms with Crippen LogP contribution in [0.2, 0.25) is 0 Å². The SMILES string of the molecule is CCNc1snnc1CN1CCCC1C1CCCC1. The molecule has 1 aliphatic carbocycles. The van der Waals surface area contributed by atoms with E-state index in [9.17, 15) is 0 Å². The van der Waals surface area contributed by atoms with Crippen LogP contribution in [0.1, 0.15) is 51.1 Å². The average molecular weight is 280 g/mol. The lowest BCUT2D eigenvalue weighted by atomic mass is 9.96. The minimum absolute atomic E-state index is 0.804. The second kappa shape index (κ2) is 6.18. The molecule has 1 aliphatic heterocycles. The minimum atomic E-state index is 0.804. The van der Waals surface area contributed by atoms with Gasteiger partial charge in [-0.25, -0.2) is 0 Å². The lowest BCUT2D eigenvalue weighted by molar-refractivity contribution is 0.181. The number of hydrogen-bond acceptors (Lipinski definition) is 5. The summed E-state index contributed by atoms with van der Waals surface area (Å²) >= 11 is 1.49. The monoisotopic (exact) mass is 280 g/mol. The zero-order valence-corrected chi connectivity index (χ0v) is 12.6. The predicted molar refractivity (Wildman–Crippen MR) is 79.5 cm³/mol. The first-order chi connectivity index (χ1) is 9.38. The summed E-state index contributed by atoms with van der Waals surface area (Å²) in [5.41, 5.74) is 1.15. The number of nitrogens with one attached hydrogen (secondary N) is 1. The molecular weight excluding hydrogens is 256 g/mol. The number of nitrogens with zero attached hydrogens (tertiary/aromatic N) is 3. The summed E-state index contributed by atoms with van der Waals surface area (Å²) in [5, 5.41) is 8.87. The lowest BCUT2D eigenvalue weighted by Crippen LogP contribution is -2.34. The molecular formula is C14H24N4S. The standard InChI is InChI=1S/C14H24N4S/c1-2-15-14-12(16-17-19-14)10-18-9-5-8-13(18)11-6-3-4-7-11/h11,13,15H,2-10H2,1H3. The Labute approximate surface area is 119 Å². The smallest absolute Gasteiger partial charge is 0.134 e. The van der Waals surface area contributed by atoms with Crippen LogP contribution in [0.3, 0.4) is 0 Å². The normalized spacial score (nSPS) is 25.2. The van der Waals surface area contributed by atoms with Crippen molar-refractivity contribution in [1.82, 2.24) is 14.5 Å². The molecule has 19 heavy (non-hydrogen) atoms. The van der Waals surface area contributed by atoms with Crippen molar-refractivity contribution in [2.45, 2.75) is 58.0 Å². The highest BCUT2D eigenvalue weighted by Gasteiger charge is 2.33. The van der Waals surface area contributed by atoms with Crippen molar-refractivity contribution in [3.63, 3.8) is 0 Å². The molecule has 0 bridgehead atoms. The molecule has 1 unspecified atom stereocenters. The first kappa shape index (κ1) is 13.3. The quantitative estimate of drug-likeness (QED) is 0.899. The number of hydrogen-bond donors (Lipinski definition) is 1. The van der Waals surface area contributed by atoms with Gasteiger partial charge in [0.05, 0.1) is 0 Å². The van der Waals surface area contributed by atoms with E-state index in [4.69, 9.17) is 0 Å². The maximum Gasteiger partial charge on any atom is 0.134 e. The molecule has 1 saturated heterocycles. The molecule has 2 heterocycles. The third-order valence-electron chi connectivity index (χ3n) is 4.60. The van der Waals surface area contributed by atoms with Gasteiger partial charge in [-0.05, 0) is 45.1 Å². The summed E-state index contributed by atoms with van der Waals surface area (Å²) in [5.74, 6) is 0.941. The Morgan fingerprint density at radius 3 is 2.89 bits per heavy atom. The number of anilines is 1. The molecule has 0 amide bonds. The summed E-state index contributed by atoms with van der Waals surface area (Å²) in [7, 11) is 0. The molecule has 2 fully saturated rings. The van der Waals surface area contributed by atoms with E-state index in [1.54, 1.807) is 0 Å². The molecule has 1 saturated carbocycles. The topological polar surface area (TPSA) is 41.1 Å². The second-order valence-corrected chi connectivity index (χ2v) is 6.56. The molecule has 1 aromatic rings. The molecule has 1 N–H and O–H groups in total. The Bertz CT molecular complexity index is 400. The largest absolute Gasteiger partial charge is 0.374 e. The van der Waals surface area contributed by atoms with E-state index in [0.29, 0.717) is 0 Å². The molecule has 2 aliphatic rings. The van der Waals surface area contributed by atoms with Crippen molar-refractivity contribution in [3.05, 3.63) is 5.69 Å². The van der Waals surface area contributed by atoms with Gasteiger partial charge < -0.3 is 5.32 Å². The van der Waals surface area contributed by atoms with Crippen molar-refractivity contribution >= 4 is 16.5 Å². The first-order valence-electron chi connectivity index (χ1n) is 7.67. The van der Waals surface area contributed by atoms with Gasteiger partial charge in [0.25, 0.3) is 0 Å².